The molecule has 2 bridgehead atoms. The van der Waals surface area contributed by atoms with E-state index in [4.69, 9.17) is 0 Å². The molecule has 1 N–H and O–H groups in total. The van der Waals surface area contributed by atoms with Gasteiger partial charge in [0.25, 0.3) is 0 Å². The Kier molecular flexibility index (Phi) is 2.30. The predicted octanol–water partition coefficient (Wildman–Crippen LogP) is 1.91. The van der Waals surface area contributed by atoms with Gasteiger partial charge in [0.1, 0.15) is 0 Å². The number of aliphatic hydroxyl groups is 1. The number of benzene rings is 1. The monoisotopic (exact) mass is 217 g/mol. The molecular formula is C14H19NO. The lowest BCUT2D eigenvalue weighted by atomic mass is 9.75. The van der Waals surface area contributed by atoms with Crippen LogP contribution in [0.1, 0.15) is 24.0 Å². The number of nitrogens with zero attached hydrogens (tertiary/aromatic N) is 1. The van der Waals surface area contributed by atoms with Gasteiger partial charge in [-0.25, -0.2) is 0 Å². The summed E-state index contributed by atoms with van der Waals surface area (Å²) in [7, 11) is 0. The van der Waals surface area contributed by atoms with Crippen LogP contribution >= 0.6 is 0 Å². The maximum atomic E-state index is 11.0. The van der Waals surface area contributed by atoms with Crippen LogP contribution in [0.2, 0.25) is 0 Å². The van der Waals surface area contributed by atoms with Crippen LogP contribution in [0.25, 0.3) is 0 Å². The Morgan fingerprint density at radius 2 is 2.12 bits per heavy atom. The molecule has 2 saturated heterocycles. The highest BCUT2D eigenvalue weighted by Gasteiger charge is 2.46. The molecule has 0 radical (unpaired) electrons. The number of fused-ring (bicyclic) bond motifs is 2. The predicted molar refractivity (Wildman–Crippen MR) is 64.2 cm³/mol. The summed E-state index contributed by atoms with van der Waals surface area (Å²) in [5.74, 6) is 0.433. The first-order valence-corrected chi connectivity index (χ1v) is 6.21. The molecule has 1 aromatic rings. The molecule has 2 fully saturated rings. The lowest BCUT2D eigenvalue weighted by Gasteiger charge is -2.40. The van der Waals surface area contributed by atoms with E-state index in [0.717, 1.165) is 31.5 Å². The van der Waals surface area contributed by atoms with Crippen LogP contribution < -0.4 is 0 Å². The van der Waals surface area contributed by atoms with E-state index in [9.17, 15) is 5.11 Å². The Balaban J connectivity index is 2.01. The molecule has 16 heavy (non-hydrogen) atoms. The number of aryl methyl sites for hydroxylation is 1. The van der Waals surface area contributed by atoms with Gasteiger partial charge < -0.3 is 10.0 Å². The fourth-order valence-corrected chi connectivity index (χ4v) is 3.37. The lowest BCUT2D eigenvalue weighted by Crippen LogP contribution is -2.44. The molecule has 3 atom stereocenters. The number of rotatable bonds is 1. The SMILES string of the molecule is Cc1ccccc1C1(O)CCN2CCC1C2. The van der Waals surface area contributed by atoms with Crippen LogP contribution in [0.3, 0.4) is 0 Å². The van der Waals surface area contributed by atoms with Crippen molar-refractivity contribution in [1.29, 1.82) is 0 Å². The van der Waals surface area contributed by atoms with E-state index in [1.165, 1.54) is 12.1 Å². The van der Waals surface area contributed by atoms with E-state index in [-0.39, 0.29) is 0 Å². The van der Waals surface area contributed by atoms with E-state index < -0.39 is 5.60 Å². The minimum Gasteiger partial charge on any atom is -0.385 e. The van der Waals surface area contributed by atoms with Gasteiger partial charge in [-0.15, -0.1) is 0 Å². The van der Waals surface area contributed by atoms with Crippen molar-refractivity contribution in [2.24, 2.45) is 5.92 Å². The zero-order valence-electron chi connectivity index (χ0n) is 9.82. The van der Waals surface area contributed by atoms with Crippen molar-refractivity contribution < 1.29 is 5.11 Å². The molecule has 0 aliphatic carbocycles. The fourth-order valence-electron chi connectivity index (χ4n) is 3.37. The van der Waals surface area contributed by atoms with Crippen molar-refractivity contribution in [3.63, 3.8) is 0 Å². The minimum atomic E-state index is -0.571. The van der Waals surface area contributed by atoms with E-state index in [1.54, 1.807) is 0 Å². The smallest absolute Gasteiger partial charge is 0.0951 e. The summed E-state index contributed by atoms with van der Waals surface area (Å²) in [6.07, 6.45) is 2.04. The Morgan fingerprint density at radius 1 is 1.31 bits per heavy atom. The summed E-state index contributed by atoms with van der Waals surface area (Å²) in [6, 6.07) is 8.30. The average molecular weight is 217 g/mol. The highest BCUT2D eigenvalue weighted by molar-refractivity contribution is 5.33. The van der Waals surface area contributed by atoms with Gasteiger partial charge in [-0.3, -0.25) is 0 Å². The second-order valence-electron chi connectivity index (χ2n) is 5.28. The molecule has 2 heterocycles. The summed E-state index contributed by atoms with van der Waals surface area (Å²) in [5, 5.41) is 11.0. The third-order valence-electron chi connectivity index (χ3n) is 4.37. The average Bonchev–Trinajstić information content (AvgIpc) is 2.70. The number of hydrogen-bond acceptors (Lipinski definition) is 2. The van der Waals surface area contributed by atoms with Gasteiger partial charge in [0.05, 0.1) is 5.60 Å². The Labute approximate surface area is 96.9 Å². The molecule has 3 unspecified atom stereocenters. The zero-order valence-corrected chi connectivity index (χ0v) is 9.82. The molecule has 0 aromatic heterocycles. The maximum Gasteiger partial charge on any atom is 0.0951 e. The zero-order chi connectivity index (χ0) is 11.2. The number of hydrogen-bond donors (Lipinski definition) is 1. The topological polar surface area (TPSA) is 23.5 Å². The van der Waals surface area contributed by atoms with Crippen LogP contribution in [-0.2, 0) is 5.60 Å². The molecule has 2 aliphatic heterocycles. The van der Waals surface area contributed by atoms with Gasteiger partial charge in [0.2, 0.25) is 0 Å². The van der Waals surface area contributed by atoms with Gasteiger partial charge in [0.15, 0.2) is 0 Å². The molecule has 86 valence electrons. The first-order chi connectivity index (χ1) is 7.70. The van der Waals surface area contributed by atoms with E-state index >= 15 is 0 Å². The largest absolute Gasteiger partial charge is 0.385 e. The molecular weight excluding hydrogens is 198 g/mol. The van der Waals surface area contributed by atoms with E-state index in [0.29, 0.717) is 5.92 Å². The highest BCUT2D eigenvalue weighted by atomic mass is 16.3. The Morgan fingerprint density at radius 3 is 2.94 bits per heavy atom. The lowest BCUT2D eigenvalue weighted by molar-refractivity contribution is -0.0506. The molecule has 2 aliphatic rings. The van der Waals surface area contributed by atoms with Gasteiger partial charge >= 0.3 is 0 Å². The molecule has 0 spiro atoms. The van der Waals surface area contributed by atoms with E-state index in [2.05, 4.69) is 24.0 Å². The normalized spacial score (nSPS) is 37.6. The second kappa shape index (κ2) is 3.57. The highest BCUT2D eigenvalue weighted by Crippen LogP contribution is 2.43. The number of piperidine rings is 1. The third kappa shape index (κ3) is 1.40. The van der Waals surface area contributed by atoms with Gasteiger partial charge in [0, 0.05) is 19.0 Å². The Bertz CT molecular complexity index is 403. The molecule has 2 heteroatoms. The summed E-state index contributed by atoms with van der Waals surface area (Å²) in [5.41, 5.74) is 1.81. The van der Waals surface area contributed by atoms with Crippen LogP contribution in [0, 0.1) is 12.8 Å². The van der Waals surface area contributed by atoms with Crippen molar-refractivity contribution in [3.8, 4) is 0 Å². The van der Waals surface area contributed by atoms with Crippen LogP contribution in [0.4, 0.5) is 0 Å². The van der Waals surface area contributed by atoms with Crippen LogP contribution in [-0.4, -0.2) is 29.6 Å². The van der Waals surface area contributed by atoms with Crippen LogP contribution in [0.15, 0.2) is 24.3 Å². The second-order valence-corrected chi connectivity index (χ2v) is 5.28. The summed E-state index contributed by atoms with van der Waals surface area (Å²) >= 11 is 0. The molecule has 3 rings (SSSR count). The summed E-state index contributed by atoms with van der Waals surface area (Å²) < 4.78 is 0. The van der Waals surface area contributed by atoms with E-state index in [1.807, 2.05) is 12.1 Å². The van der Waals surface area contributed by atoms with Gasteiger partial charge in [-0.2, -0.15) is 0 Å². The van der Waals surface area contributed by atoms with Gasteiger partial charge in [-0.05, 0) is 37.4 Å². The standard InChI is InChI=1S/C14H19NO/c1-11-4-2-3-5-13(11)14(16)7-9-15-8-6-12(14)10-15/h2-5,12,16H,6-10H2,1H3. The van der Waals surface area contributed by atoms with Crippen molar-refractivity contribution in [3.05, 3.63) is 35.4 Å². The third-order valence-corrected chi connectivity index (χ3v) is 4.37. The maximum absolute atomic E-state index is 11.0. The van der Waals surface area contributed by atoms with Crippen molar-refractivity contribution >= 4 is 0 Å². The first kappa shape index (κ1) is 10.3. The Hall–Kier alpha value is -0.860. The van der Waals surface area contributed by atoms with Crippen molar-refractivity contribution in [2.45, 2.75) is 25.4 Å². The molecule has 1 aromatic carbocycles. The summed E-state index contributed by atoms with van der Waals surface area (Å²) in [4.78, 5) is 2.47. The summed E-state index contributed by atoms with van der Waals surface area (Å²) in [6.45, 7) is 5.39. The van der Waals surface area contributed by atoms with Gasteiger partial charge in [-0.1, -0.05) is 24.3 Å². The molecule has 2 nitrogen and oxygen atoms in total. The minimum absolute atomic E-state index is 0.433. The quantitative estimate of drug-likeness (QED) is 0.776. The van der Waals surface area contributed by atoms with Crippen LogP contribution in [0.5, 0.6) is 0 Å². The molecule has 0 amide bonds. The van der Waals surface area contributed by atoms with Crippen molar-refractivity contribution in [2.75, 3.05) is 19.6 Å². The fraction of sp³-hybridized carbons (Fsp3) is 0.571. The first-order valence-electron chi connectivity index (χ1n) is 6.21. The molecule has 0 saturated carbocycles. The van der Waals surface area contributed by atoms with Crippen molar-refractivity contribution in [1.82, 2.24) is 4.90 Å².